The quantitative estimate of drug-likeness (QED) is 0.508. The van der Waals surface area contributed by atoms with Crippen molar-refractivity contribution in [2.24, 2.45) is 0 Å². The first-order valence-electron chi connectivity index (χ1n) is 8.75. The van der Waals surface area contributed by atoms with Gasteiger partial charge in [-0.25, -0.2) is 4.39 Å². The minimum atomic E-state index is -0.823. The third-order valence-electron chi connectivity index (χ3n) is 3.93. The molecule has 0 spiro atoms. The van der Waals surface area contributed by atoms with E-state index in [0.29, 0.717) is 11.4 Å². The van der Waals surface area contributed by atoms with E-state index in [1.165, 1.54) is 24.3 Å². The number of hydrogen-bond acceptors (Lipinski definition) is 3. The van der Waals surface area contributed by atoms with Gasteiger partial charge in [0.2, 0.25) is 0 Å². The Morgan fingerprint density at radius 3 is 2.25 bits per heavy atom. The minimum absolute atomic E-state index is 0.165. The lowest BCUT2D eigenvalue weighted by Crippen LogP contribution is -2.37. The first kappa shape index (κ1) is 19.1. The normalized spacial score (nSPS) is 10.2. The number of rotatable bonds is 6. The molecule has 0 bridgehead atoms. The molecule has 0 aliphatic carbocycles. The Morgan fingerprint density at radius 2 is 1.50 bits per heavy atom. The molecule has 28 heavy (non-hydrogen) atoms. The predicted octanol–water partition coefficient (Wildman–Crippen LogP) is 3.63. The van der Waals surface area contributed by atoms with Crippen LogP contribution in [0.1, 0.15) is 0 Å². The van der Waals surface area contributed by atoms with Crippen LogP contribution in [0.2, 0.25) is 0 Å². The molecule has 3 aromatic rings. The van der Waals surface area contributed by atoms with E-state index in [4.69, 9.17) is 4.74 Å². The van der Waals surface area contributed by atoms with Crippen molar-refractivity contribution in [3.63, 3.8) is 0 Å². The highest BCUT2D eigenvalue weighted by atomic mass is 19.1. The first-order chi connectivity index (χ1) is 13.6. The van der Waals surface area contributed by atoms with E-state index in [1.807, 2.05) is 54.6 Å². The summed E-state index contributed by atoms with van der Waals surface area (Å²) < 4.78 is 18.6. The lowest BCUT2D eigenvalue weighted by atomic mass is 10.1. The summed E-state index contributed by atoms with van der Waals surface area (Å²) in [4.78, 5) is 23.7. The SMILES string of the molecule is O=C(NCCOc1ccccc1-c1ccccc1)C(=O)Nc1ccc(F)cc1. The molecule has 0 atom stereocenters. The second-order valence-corrected chi connectivity index (χ2v) is 5.93. The van der Waals surface area contributed by atoms with Crippen LogP contribution in [0.5, 0.6) is 5.75 Å². The number of nitrogens with one attached hydrogen (secondary N) is 2. The van der Waals surface area contributed by atoms with E-state index in [0.717, 1.165) is 11.1 Å². The van der Waals surface area contributed by atoms with Gasteiger partial charge in [-0.1, -0.05) is 48.5 Å². The molecule has 2 amide bonds. The Bertz CT molecular complexity index is 944. The lowest BCUT2D eigenvalue weighted by molar-refractivity contribution is -0.136. The Hall–Kier alpha value is -3.67. The van der Waals surface area contributed by atoms with Crippen LogP contribution in [0.15, 0.2) is 78.9 Å². The summed E-state index contributed by atoms with van der Waals surface area (Å²) in [5, 5.41) is 4.89. The summed E-state index contributed by atoms with van der Waals surface area (Å²) in [5.74, 6) is -1.34. The molecular weight excluding hydrogens is 359 g/mol. The highest BCUT2D eigenvalue weighted by molar-refractivity contribution is 6.39. The lowest BCUT2D eigenvalue weighted by Gasteiger charge is -2.12. The van der Waals surface area contributed by atoms with Crippen molar-refractivity contribution in [2.75, 3.05) is 18.5 Å². The number of halogens is 1. The van der Waals surface area contributed by atoms with Crippen molar-refractivity contribution in [2.45, 2.75) is 0 Å². The largest absolute Gasteiger partial charge is 0.491 e. The van der Waals surface area contributed by atoms with Gasteiger partial charge in [-0.05, 0) is 35.9 Å². The van der Waals surface area contributed by atoms with Crippen LogP contribution in [-0.4, -0.2) is 25.0 Å². The van der Waals surface area contributed by atoms with Gasteiger partial charge in [0.1, 0.15) is 18.2 Å². The number of carbonyl (C=O) groups excluding carboxylic acids is 2. The molecule has 3 aromatic carbocycles. The number of amides is 2. The van der Waals surface area contributed by atoms with Gasteiger partial charge in [0.15, 0.2) is 0 Å². The van der Waals surface area contributed by atoms with Gasteiger partial charge in [0.05, 0.1) is 6.54 Å². The summed E-state index contributed by atoms with van der Waals surface area (Å²) in [6, 6.07) is 22.6. The van der Waals surface area contributed by atoms with Crippen molar-refractivity contribution in [3.05, 3.63) is 84.7 Å². The van der Waals surface area contributed by atoms with Crippen LogP contribution < -0.4 is 15.4 Å². The fraction of sp³-hybridized carbons (Fsp3) is 0.0909. The molecule has 0 saturated carbocycles. The van der Waals surface area contributed by atoms with Gasteiger partial charge < -0.3 is 15.4 Å². The number of para-hydroxylation sites is 1. The van der Waals surface area contributed by atoms with Crippen molar-refractivity contribution in [3.8, 4) is 16.9 Å². The number of carbonyl (C=O) groups is 2. The van der Waals surface area contributed by atoms with Gasteiger partial charge in [0.25, 0.3) is 0 Å². The van der Waals surface area contributed by atoms with Crippen LogP contribution in [0.4, 0.5) is 10.1 Å². The number of anilines is 1. The van der Waals surface area contributed by atoms with E-state index in [9.17, 15) is 14.0 Å². The standard InChI is InChI=1S/C22H19FN2O3/c23-17-10-12-18(13-11-17)25-22(27)21(26)24-14-15-28-20-9-5-4-8-19(20)16-6-2-1-3-7-16/h1-13H,14-15H2,(H,24,26)(H,25,27). The Morgan fingerprint density at radius 1 is 0.821 bits per heavy atom. The van der Waals surface area contributed by atoms with Crippen molar-refractivity contribution in [1.82, 2.24) is 5.32 Å². The van der Waals surface area contributed by atoms with E-state index < -0.39 is 17.6 Å². The van der Waals surface area contributed by atoms with E-state index >= 15 is 0 Å². The van der Waals surface area contributed by atoms with Gasteiger partial charge in [-0.15, -0.1) is 0 Å². The molecule has 0 fully saturated rings. The number of ether oxygens (including phenoxy) is 1. The maximum absolute atomic E-state index is 12.9. The molecule has 0 aliphatic heterocycles. The molecule has 0 saturated heterocycles. The first-order valence-corrected chi connectivity index (χ1v) is 8.75. The molecule has 0 aromatic heterocycles. The zero-order valence-electron chi connectivity index (χ0n) is 15.0. The highest BCUT2D eigenvalue weighted by Gasteiger charge is 2.13. The highest BCUT2D eigenvalue weighted by Crippen LogP contribution is 2.29. The van der Waals surface area contributed by atoms with Gasteiger partial charge >= 0.3 is 11.8 Å². The van der Waals surface area contributed by atoms with Crippen LogP contribution in [0, 0.1) is 5.82 Å². The maximum Gasteiger partial charge on any atom is 0.313 e. The van der Waals surface area contributed by atoms with Gasteiger partial charge in [-0.2, -0.15) is 0 Å². The summed E-state index contributed by atoms with van der Waals surface area (Å²) in [6.45, 7) is 0.373. The average molecular weight is 378 g/mol. The second kappa shape index (κ2) is 9.32. The van der Waals surface area contributed by atoms with Crippen molar-refractivity contribution >= 4 is 17.5 Å². The van der Waals surface area contributed by atoms with E-state index in [1.54, 1.807) is 0 Å². The molecule has 0 unspecified atom stereocenters. The predicted molar refractivity (Wildman–Crippen MR) is 105 cm³/mol. The van der Waals surface area contributed by atoms with Crippen molar-refractivity contribution in [1.29, 1.82) is 0 Å². The molecule has 142 valence electrons. The fourth-order valence-electron chi connectivity index (χ4n) is 2.58. The average Bonchev–Trinajstić information content (AvgIpc) is 2.73. The van der Waals surface area contributed by atoms with Crippen molar-refractivity contribution < 1.29 is 18.7 Å². The molecule has 0 radical (unpaired) electrons. The van der Waals surface area contributed by atoms with Crippen LogP contribution in [0.3, 0.4) is 0 Å². The van der Waals surface area contributed by atoms with Gasteiger partial charge in [0, 0.05) is 11.3 Å². The smallest absolute Gasteiger partial charge is 0.313 e. The Kier molecular flexibility index (Phi) is 6.36. The zero-order valence-corrected chi connectivity index (χ0v) is 15.0. The molecular formula is C22H19FN2O3. The monoisotopic (exact) mass is 378 g/mol. The van der Waals surface area contributed by atoms with Gasteiger partial charge in [-0.3, -0.25) is 9.59 Å². The molecule has 5 nitrogen and oxygen atoms in total. The second-order valence-electron chi connectivity index (χ2n) is 5.93. The summed E-state index contributed by atoms with van der Waals surface area (Å²) >= 11 is 0. The molecule has 0 heterocycles. The third kappa shape index (κ3) is 5.17. The van der Waals surface area contributed by atoms with Crippen LogP contribution in [-0.2, 0) is 9.59 Å². The summed E-state index contributed by atoms with van der Waals surface area (Å²) in [7, 11) is 0. The van der Waals surface area contributed by atoms with Crippen LogP contribution >= 0.6 is 0 Å². The minimum Gasteiger partial charge on any atom is -0.491 e. The van der Waals surface area contributed by atoms with Crippen LogP contribution in [0.25, 0.3) is 11.1 Å². The summed E-state index contributed by atoms with van der Waals surface area (Å²) in [6.07, 6.45) is 0. The summed E-state index contributed by atoms with van der Waals surface area (Å²) in [5.41, 5.74) is 2.32. The Labute approximate surface area is 162 Å². The third-order valence-corrected chi connectivity index (χ3v) is 3.93. The maximum atomic E-state index is 12.9. The number of benzene rings is 3. The number of hydrogen-bond donors (Lipinski definition) is 2. The molecule has 2 N–H and O–H groups in total. The fourth-order valence-corrected chi connectivity index (χ4v) is 2.58. The molecule has 0 aliphatic rings. The zero-order chi connectivity index (χ0) is 19.8. The van der Waals surface area contributed by atoms with E-state index in [2.05, 4.69) is 10.6 Å². The Balaban J connectivity index is 1.49. The molecule has 6 heteroatoms. The topological polar surface area (TPSA) is 67.4 Å². The molecule has 3 rings (SSSR count). The van der Waals surface area contributed by atoms with E-state index in [-0.39, 0.29) is 13.2 Å².